The van der Waals surface area contributed by atoms with Crippen LogP contribution in [-0.2, 0) is 0 Å². The van der Waals surface area contributed by atoms with Crippen molar-refractivity contribution >= 4 is 28.9 Å². The van der Waals surface area contributed by atoms with Gasteiger partial charge in [-0.05, 0) is 32.0 Å². The number of anilines is 3. The van der Waals surface area contributed by atoms with Crippen LogP contribution in [0.15, 0.2) is 24.5 Å². The first-order valence-corrected chi connectivity index (χ1v) is 6.27. The summed E-state index contributed by atoms with van der Waals surface area (Å²) in [6, 6.07) is 4.33. The maximum atomic E-state index is 13.7. The van der Waals surface area contributed by atoms with E-state index in [9.17, 15) is 4.39 Å². The molecule has 1 aromatic carbocycles. The molecule has 4 nitrogen and oxygen atoms in total. The van der Waals surface area contributed by atoms with Gasteiger partial charge in [0, 0.05) is 17.1 Å². The van der Waals surface area contributed by atoms with Gasteiger partial charge in [0.25, 0.3) is 0 Å². The highest BCUT2D eigenvalue weighted by molar-refractivity contribution is 6.30. The molecule has 2 aromatic rings. The molecule has 0 radical (unpaired) electrons. The van der Waals surface area contributed by atoms with Crippen LogP contribution < -0.4 is 10.6 Å². The molecule has 0 aliphatic heterocycles. The molecule has 0 saturated carbocycles. The van der Waals surface area contributed by atoms with Crippen molar-refractivity contribution in [3.63, 3.8) is 0 Å². The van der Waals surface area contributed by atoms with Gasteiger partial charge in [-0.3, -0.25) is 0 Å². The molecule has 0 spiro atoms. The standard InChI is InChI=1S/C13H14ClFN4/c1-3-16-12-8(2)13(18-7-17-12)19-11-6-9(14)4-5-10(11)15/h4-7H,3H2,1-2H3,(H2,16,17,18,19). The molecule has 0 fully saturated rings. The van der Waals surface area contributed by atoms with Crippen molar-refractivity contribution in [2.45, 2.75) is 13.8 Å². The highest BCUT2D eigenvalue weighted by Gasteiger charge is 2.09. The fraction of sp³-hybridized carbons (Fsp3) is 0.231. The Balaban J connectivity index is 2.33. The topological polar surface area (TPSA) is 49.8 Å². The number of hydrogen-bond donors (Lipinski definition) is 2. The van der Waals surface area contributed by atoms with Crippen molar-refractivity contribution in [3.8, 4) is 0 Å². The minimum Gasteiger partial charge on any atom is -0.370 e. The molecule has 2 rings (SSSR count). The van der Waals surface area contributed by atoms with E-state index >= 15 is 0 Å². The summed E-state index contributed by atoms with van der Waals surface area (Å²) in [7, 11) is 0. The molecule has 2 N–H and O–H groups in total. The van der Waals surface area contributed by atoms with Crippen LogP contribution in [0.1, 0.15) is 12.5 Å². The average molecular weight is 281 g/mol. The van der Waals surface area contributed by atoms with Crippen molar-refractivity contribution in [1.29, 1.82) is 0 Å². The van der Waals surface area contributed by atoms with Crippen LogP contribution in [0.3, 0.4) is 0 Å². The van der Waals surface area contributed by atoms with Gasteiger partial charge in [0.15, 0.2) is 0 Å². The third-order valence-electron chi connectivity index (χ3n) is 2.61. The highest BCUT2D eigenvalue weighted by Crippen LogP contribution is 2.26. The number of hydrogen-bond acceptors (Lipinski definition) is 4. The van der Waals surface area contributed by atoms with Gasteiger partial charge in [-0.2, -0.15) is 0 Å². The van der Waals surface area contributed by atoms with Gasteiger partial charge in [-0.1, -0.05) is 11.6 Å². The smallest absolute Gasteiger partial charge is 0.146 e. The van der Waals surface area contributed by atoms with Gasteiger partial charge in [-0.15, -0.1) is 0 Å². The number of aromatic nitrogens is 2. The summed E-state index contributed by atoms with van der Waals surface area (Å²) in [5, 5.41) is 6.51. The van der Waals surface area contributed by atoms with Crippen LogP contribution >= 0.6 is 11.6 Å². The Morgan fingerprint density at radius 1 is 1.26 bits per heavy atom. The maximum absolute atomic E-state index is 13.7. The summed E-state index contributed by atoms with van der Waals surface area (Å²) in [6.07, 6.45) is 1.43. The Hall–Kier alpha value is -1.88. The number of nitrogens with zero attached hydrogens (tertiary/aromatic N) is 2. The number of rotatable bonds is 4. The van der Waals surface area contributed by atoms with E-state index in [1.165, 1.54) is 24.5 Å². The third kappa shape index (κ3) is 3.12. The zero-order chi connectivity index (χ0) is 13.8. The maximum Gasteiger partial charge on any atom is 0.146 e. The number of halogens is 2. The summed E-state index contributed by atoms with van der Waals surface area (Å²) in [5.41, 5.74) is 1.11. The second kappa shape index (κ2) is 5.84. The van der Waals surface area contributed by atoms with E-state index in [2.05, 4.69) is 20.6 Å². The lowest BCUT2D eigenvalue weighted by atomic mass is 10.2. The molecule has 0 aliphatic carbocycles. The predicted octanol–water partition coefficient (Wildman–Crippen LogP) is 3.75. The summed E-state index contributed by atoms with van der Waals surface area (Å²) < 4.78 is 13.7. The Morgan fingerprint density at radius 3 is 2.74 bits per heavy atom. The first-order valence-electron chi connectivity index (χ1n) is 5.89. The van der Waals surface area contributed by atoms with E-state index in [1.54, 1.807) is 0 Å². The molecule has 0 amide bonds. The third-order valence-corrected chi connectivity index (χ3v) is 2.84. The largest absolute Gasteiger partial charge is 0.370 e. The molecule has 0 atom stereocenters. The summed E-state index contributed by atoms with van der Waals surface area (Å²) >= 11 is 5.85. The molecule has 19 heavy (non-hydrogen) atoms. The van der Waals surface area contributed by atoms with E-state index in [4.69, 9.17) is 11.6 Å². The first-order chi connectivity index (χ1) is 9.11. The lowest BCUT2D eigenvalue weighted by Crippen LogP contribution is -2.06. The van der Waals surface area contributed by atoms with Crippen LogP contribution in [0.25, 0.3) is 0 Å². The molecule has 1 heterocycles. The fourth-order valence-corrected chi connectivity index (χ4v) is 1.81. The SMILES string of the molecule is CCNc1ncnc(Nc2cc(Cl)ccc2F)c1C. The quantitative estimate of drug-likeness (QED) is 0.895. The Morgan fingerprint density at radius 2 is 2.00 bits per heavy atom. The number of benzene rings is 1. The normalized spacial score (nSPS) is 10.3. The van der Waals surface area contributed by atoms with Gasteiger partial charge in [0.05, 0.1) is 5.69 Å². The van der Waals surface area contributed by atoms with E-state index in [-0.39, 0.29) is 11.5 Å². The van der Waals surface area contributed by atoms with Crippen LogP contribution in [0.4, 0.5) is 21.7 Å². The van der Waals surface area contributed by atoms with Crippen LogP contribution in [0.5, 0.6) is 0 Å². The summed E-state index contributed by atoms with van der Waals surface area (Å²) in [4.78, 5) is 8.24. The van der Waals surface area contributed by atoms with Crippen molar-refractivity contribution in [2.75, 3.05) is 17.2 Å². The Labute approximate surface area is 116 Å². The van der Waals surface area contributed by atoms with Gasteiger partial charge >= 0.3 is 0 Å². The summed E-state index contributed by atoms with van der Waals surface area (Å²) in [6.45, 7) is 4.59. The molecule has 0 saturated heterocycles. The monoisotopic (exact) mass is 280 g/mol. The fourth-order valence-electron chi connectivity index (χ4n) is 1.64. The van der Waals surface area contributed by atoms with Crippen molar-refractivity contribution < 1.29 is 4.39 Å². The highest BCUT2D eigenvalue weighted by atomic mass is 35.5. The van der Waals surface area contributed by atoms with Crippen LogP contribution in [0, 0.1) is 12.7 Å². The summed E-state index contributed by atoms with van der Waals surface area (Å²) in [5.74, 6) is 0.891. The second-order valence-corrected chi connectivity index (χ2v) is 4.41. The minimum absolute atomic E-state index is 0.289. The molecule has 1 aromatic heterocycles. The predicted molar refractivity (Wildman–Crippen MR) is 75.6 cm³/mol. The van der Waals surface area contributed by atoms with Gasteiger partial charge in [0.1, 0.15) is 23.8 Å². The average Bonchev–Trinajstić information content (AvgIpc) is 2.39. The van der Waals surface area contributed by atoms with Gasteiger partial charge < -0.3 is 10.6 Å². The zero-order valence-electron chi connectivity index (χ0n) is 10.7. The minimum atomic E-state index is -0.382. The molecule has 100 valence electrons. The molecule has 0 bridgehead atoms. The van der Waals surface area contributed by atoms with Gasteiger partial charge in [0.2, 0.25) is 0 Å². The number of nitrogens with one attached hydrogen (secondary N) is 2. The zero-order valence-corrected chi connectivity index (χ0v) is 11.4. The molecular weight excluding hydrogens is 267 g/mol. The molecule has 0 aliphatic rings. The molecular formula is C13H14ClFN4. The van der Waals surface area contributed by atoms with Crippen molar-refractivity contribution in [1.82, 2.24) is 9.97 Å². The van der Waals surface area contributed by atoms with Gasteiger partial charge in [-0.25, -0.2) is 14.4 Å². The van der Waals surface area contributed by atoms with Crippen molar-refractivity contribution in [2.24, 2.45) is 0 Å². The first kappa shape index (κ1) is 13.5. The second-order valence-electron chi connectivity index (χ2n) is 3.98. The van der Waals surface area contributed by atoms with Crippen molar-refractivity contribution in [3.05, 3.63) is 40.9 Å². The van der Waals surface area contributed by atoms with E-state index in [0.29, 0.717) is 10.8 Å². The van der Waals surface area contributed by atoms with E-state index < -0.39 is 0 Å². The van der Waals surface area contributed by atoms with Crippen LogP contribution in [0.2, 0.25) is 5.02 Å². The Kier molecular flexibility index (Phi) is 4.16. The van der Waals surface area contributed by atoms with E-state index in [1.807, 2.05) is 13.8 Å². The lowest BCUT2D eigenvalue weighted by Gasteiger charge is -2.12. The van der Waals surface area contributed by atoms with E-state index in [0.717, 1.165) is 17.9 Å². The Bertz CT molecular complexity index is 589. The molecule has 6 heteroatoms. The molecule has 0 unspecified atom stereocenters. The van der Waals surface area contributed by atoms with Crippen LogP contribution in [-0.4, -0.2) is 16.5 Å². The lowest BCUT2D eigenvalue weighted by molar-refractivity contribution is 0.632.